The minimum Gasteiger partial charge on any atom is -0.463 e. The summed E-state index contributed by atoms with van der Waals surface area (Å²) in [5, 5.41) is 11.9. The molecule has 0 spiro atoms. The lowest BCUT2D eigenvalue weighted by Crippen LogP contribution is -2.54. The van der Waals surface area contributed by atoms with E-state index in [9.17, 15) is 32.8 Å². The Morgan fingerprint density at radius 2 is 1.82 bits per heavy atom. The number of hydrogen-bond acceptors (Lipinski definition) is 6. The number of allylic oxidation sites excluding steroid dienone is 1. The summed E-state index contributed by atoms with van der Waals surface area (Å²) < 4.78 is 45.9. The highest BCUT2D eigenvalue weighted by Crippen LogP contribution is 2.41. The SMILES string of the molecule is CCOC(=O)C1=C(C)N(c2cccc(C(F)(F)F)c2)C(=O)N(CC(=O)NCCN(C)C)C1c1ccc(C#N)cc1. The standard InChI is InChI=1S/C28H30F3N5O4/c1-5-40-26(38)24-18(2)36(22-8-6-7-21(15-22)28(29,30)31)27(39)35(17-23(37)33-13-14-34(3)4)25(24)20-11-9-19(16-32)10-12-20/h6-12,15,25H,5,13-14,17H2,1-4H3,(H,33,37). The van der Waals surface area contributed by atoms with E-state index in [2.05, 4.69) is 5.32 Å². The van der Waals surface area contributed by atoms with Crippen molar-refractivity contribution in [3.05, 3.63) is 76.5 Å². The molecule has 9 nitrogen and oxygen atoms in total. The number of hydrogen-bond donors (Lipinski definition) is 1. The van der Waals surface area contributed by atoms with E-state index in [0.717, 1.165) is 28.0 Å². The van der Waals surface area contributed by atoms with Gasteiger partial charge < -0.3 is 19.9 Å². The molecule has 3 rings (SSSR count). The van der Waals surface area contributed by atoms with Gasteiger partial charge in [0.25, 0.3) is 0 Å². The van der Waals surface area contributed by atoms with Crippen LogP contribution in [0.1, 0.15) is 36.6 Å². The second kappa shape index (κ2) is 12.7. The minimum absolute atomic E-state index is 0.00176. The third-order valence-corrected chi connectivity index (χ3v) is 6.22. The van der Waals surface area contributed by atoms with E-state index in [1.165, 1.54) is 25.1 Å². The molecule has 0 aromatic heterocycles. The summed E-state index contributed by atoms with van der Waals surface area (Å²) in [5.74, 6) is -1.32. The average Bonchev–Trinajstić information content (AvgIpc) is 2.89. The van der Waals surface area contributed by atoms with Crippen LogP contribution in [0.15, 0.2) is 59.8 Å². The molecule has 1 aliphatic rings. The smallest absolute Gasteiger partial charge is 0.416 e. The van der Waals surface area contributed by atoms with Crippen LogP contribution in [0.2, 0.25) is 0 Å². The first kappa shape index (κ1) is 30.2. The molecule has 0 saturated carbocycles. The fourth-order valence-electron chi connectivity index (χ4n) is 4.33. The van der Waals surface area contributed by atoms with Crippen molar-refractivity contribution in [2.75, 3.05) is 45.2 Å². The lowest BCUT2D eigenvalue weighted by Gasteiger charge is -2.42. The van der Waals surface area contributed by atoms with Gasteiger partial charge in [-0.15, -0.1) is 0 Å². The van der Waals surface area contributed by atoms with Crippen molar-refractivity contribution in [2.24, 2.45) is 0 Å². The number of nitrogens with zero attached hydrogens (tertiary/aromatic N) is 4. The van der Waals surface area contributed by atoms with E-state index >= 15 is 0 Å². The number of nitriles is 1. The minimum atomic E-state index is -4.67. The summed E-state index contributed by atoms with van der Waals surface area (Å²) in [6.07, 6.45) is -4.67. The van der Waals surface area contributed by atoms with Crippen molar-refractivity contribution in [1.82, 2.24) is 15.1 Å². The fourth-order valence-corrected chi connectivity index (χ4v) is 4.33. The Balaban J connectivity index is 2.20. The zero-order valence-electron chi connectivity index (χ0n) is 22.6. The maximum absolute atomic E-state index is 14.0. The molecule has 1 N–H and O–H groups in total. The van der Waals surface area contributed by atoms with Gasteiger partial charge in [0, 0.05) is 18.8 Å². The molecule has 0 saturated heterocycles. The summed E-state index contributed by atoms with van der Waals surface area (Å²) in [5.41, 5.74) is -0.325. The maximum atomic E-state index is 14.0. The number of carbonyl (C=O) groups is 3. The molecule has 1 unspecified atom stereocenters. The van der Waals surface area contributed by atoms with Crippen LogP contribution in [0.5, 0.6) is 0 Å². The second-order valence-electron chi connectivity index (χ2n) is 9.30. The van der Waals surface area contributed by atoms with Crippen molar-refractivity contribution in [3.8, 4) is 6.07 Å². The Bertz CT molecular complexity index is 1330. The molecule has 1 atom stereocenters. The lowest BCUT2D eigenvalue weighted by molar-refractivity contribution is -0.140. The van der Waals surface area contributed by atoms with Gasteiger partial charge in [0.2, 0.25) is 5.91 Å². The number of urea groups is 1. The molecule has 0 bridgehead atoms. The van der Waals surface area contributed by atoms with E-state index in [1.54, 1.807) is 19.1 Å². The molecule has 12 heteroatoms. The Hall–Kier alpha value is -4.37. The van der Waals surface area contributed by atoms with Crippen molar-refractivity contribution in [2.45, 2.75) is 26.1 Å². The largest absolute Gasteiger partial charge is 0.463 e. The van der Waals surface area contributed by atoms with Crippen molar-refractivity contribution >= 4 is 23.6 Å². The number of benzene rings is 2. The summed E-state index contributed by atoms with van der Waals surface area (Å²) in [7, 11) is 3.65. The molecule has 2 aromatic rings. The molecule has 0 fully saturated rings. The number of esters is 1. The molecule has 0 aliphatic carbocycles. The number of amides is 3. The van der Waals surface area contributed by atoms with Gasteiger partial charge in [0.15, 0.2) is 0 Å². The highest BCUT2D eigenvalue weighted by molar-refractivity contribution is 6.04. The van der Waals surface area contributed by atoms with Crippen LogP contribution < -0.4 is 10.2 Å². The average molecular weight is 558 g/mol. The van der Waals surface area contributed by atoms with Gasteiger partial charge in [-0.05, 0) is 63.8 Å². The molecule has 2 aromatic carbocycles. The van der Waals surface area contributed by atoms with Crippen molar-refractivity contribution in [1.29, 1.82) is 5.26 Å². The number of anilines is 1. The van der Waals surface area contributed by atoms with E-state index < -0.39 is 42.2 Å². The number of carbonyl (C=O) groups excluding carboxylic acids is 3. The Kier molecular flexibility index (Phi) is 9.55. The molecule has 40 heavy (non-hydrogen) atoms. The van der Waals surface area contributed by atoms with E-state index in [-0.39, 0.29) is 30.1 Å². The first-order valence-corrected chi connectivity index (χ1v) is 12.5. The third-order valence-electron chi connectivity index (χ3n) is 6.22. The normalized spacial score (nSPS) is 15.8. The molecule has 3 amide bonds. The molecule has 1 heterocycles. The molecule has 1 aliphatic heterocycles. The molecule has 0 radical (unpaired) electrons. The highest BCUT2D eigenvalue weighted by Gasteiger charge is 2.44. The van der Waals surface area contributed by atoms with Gasteiger partial charge in [-0.25, -0.2) is 9.59 Å². The van der Waals surface area contributed by atoms with Crippen LogP contribution in [-0.2, 0) is 20.5 Å². The van der Waals surface area contributed by atoms with Crippen LogP contribution in [0, 0.1) is 11.3 Å². The maximum Gasteiger partial charge on any atom is 0.416 e. The van der Waals surface area contributed by atoms with Crippen molar-refractivity contribution < 1.29 is 32.3 Å². The summed E-state index contributed by atoms with van der Waals surface area (Å²) in [4.78, 5) is 44.2. The molecular formula is C28H30F3N5O4. The third kappa shape index (κ3) is 6.79. The zero-order valence-corrected chi connectivity index (χ0v) is 22.6. The predicted molar refractivity (Wildman–Crippen MR) is 141 cm³/mol. The summed E-state index contributed by atoms with van der Waals surface area (Å²) in [6.45, 7) is 3.35. The number of likely N-dealkylation sites (N-methyl/N-ethyl adjacent to an activating group) is 1. The van der Waals surface area contributed by atoms with Gasteiger partial charge in [0.1, 0.15) is 6.54 Å². The first-order chi connectivity index (χ1) is 18.9. The lowest BCUT2D eigenvalue weighted by atomic mass is 9.92. The van der Waals surface area contributed by atoms with E-state index in [4.69, 9.17) is 4.74 Å². The van der Waals surface area contributed by atoms with Gasteiger partial charge in [0.05, 0.1) is 41.1 Å². The van der Waals surface area contributed by atoms with Crippen LogP contribution in [0.4, 0.5) is 23.7 Å². The van der Waals surface area contributed by atoms with Gasteiger partial charge in [-0.1, -0.05) is 18.2 Å². The summed E-state index contributed by atoms with van der Waals surface area (Å²) in [6, 6.07) is 10.4. The number of rotatable bonds is 9. The van der Waals surface area contributed by atoms with Crippen LogP contribution in [0.25, 0.3) is 0 Å². The highest BCUT2D eigenvalue weighted by atomic mass is 19.4. The Morgan fingerprint density at radius 1 is 1.15 bits per heavy atom. The van der Waals surface area contributed by atoms with Crippen molar-refractivity contribution in [3.63, 3.8) is 0 Å². The van der Waals surface area contributed by atoms with E-state index in [1.807, 2.05) is 25.1 Å². The summed E-state index contributed by atoms with van der Waals surface area (Å²) >= 11 is 0. The quantitative estimate of drug-likeness (QED) is 0.466. The van der Waals surface area contributed by atoms with E-state index in [0.29, 0.717) is 17.7 Å². The van der Waals surface area contributed by atoms with Gasteiger partial charge in [-0.2, -0.15) is 18.4 Å². The van der Waals surface area contributed by atoms with Crippen LogP contribution >= 0.6 is 0 Å². The number of halogens is 3. The van der Waals surface area contributed by atoms with Crippen LogP contribution in [0.3, 0.4) is 0 Å². The first-order valence-electron chi connectivity index (χ1n) is 12.5. The monoisotopic (exact) mass is 557 g/mol. The second-order valence-corrected chi connectivity index (χ2v) is 9.30. The number of nitrogens with one attached hydrogen (secondary N) is 1. The predicted octanol–water partition coefficient (Wildman–Crippen LogP) is 4.08. The Labute approximate surface area is 230 Å². The number of alkyl halides is 3. The zero-order chi connectivity index (χ0) is 29.6. The molecule has 212 valence electrons. The van der Waals surface area contributed by atoms with Gasteiger partial charge in [-0.3, -0.25) is 9.69 Å². The Morgan fingerprint density at radius 3 is 2.40 bits per heavy atom. The van der Waals surface area contributed by atoms with Crippen LogP contribution in [-0.4, -0.2) is 68.0 Å². The fraction of sp³-hybridized carbons (Fsp3) is 0.357. The van der Waals surface area contributed by atoms with Gasteiger partial charge >= 0.3 is 18.2 Å². The molecular weight excluding hydrogens is 527 g/mol. The number of ether oxygens (including phenoxy) is 1. The topological polar surface area (TPSA) is 106 Å².